The maximum absolute atomic E-state index is 4.46. The van der Waals surface area contributed by atoms with Gasteiger partial charge in [-0.1, -0.05) is 67.6 Å². The van der Waals surface area contributed by atoms with E-state index in [4.69, 9.17) is 0 Å². The average Bonchev–Trinajstić information content (AvgIpc) is 2.82. The molecule has 0 radical (unpaired) electrons. The lowest BCUT2D eigenvalue weighted by Gasteiger charge is -2.37. The fraction of sp³-hybridized carbons (Fsp3) is 0.480. The summed E-state index contributed by atoms with van der Waals surface area (Å²) in [5.74, 6) is 1.15. The van der Waals surface area contributed by atoms with E-state index >= 15 is 0 Å². The van der Waals surface area contributed by atoms with Crippen LogP contribution in [0, 0.1) is 0 Å². The third kappa shape index (κ3) is 7.77. The quantitative estimate of drug-likeness (QED) is 0.308. The Labute approximate surface area is 205 Å². The third-order valence-electron chi connectivity index (χ3n) is 6.14. The molecule has 1 atom stereocenters. The van der Waals surface area contributed by atoms with Crippen LogP contribution in [0.3, 0.4) is 0 Å². The summed E-state index contributed by atoms with van der Waals surface area (Å²) in [7, 11) is 1.85. The Hall–Kier alpha value is -1.64. The van der Waals surface area contributed by atoms with E-state index in [1.807, 2.05) is 7.05 Å². The smallest absolute Gasteiger partial charge is 0.191 e. The summed E-state index contributed by atoms with van der Waals surface area (Å²) in [5, 5.41) is 7.09. The van der Waals surface area contributed by atoms with Gasteiger partial charge in [-0.25, -0.2) is 0 Å². The van der Waals surface area contributed by atoms with Crippen LogP contribution >= 0.6 is 24.0 Å². The van der Waals surface area contributed by atoms with Gasteiger partial charge in [-0.2, -0.15) is 0 Å². The number of nitrogens with zero attached hydrogens (tertiary/aromatic N) is 3. The predicted octanol–water partition coefficient (Wildman–Crippen LogP) is 3.63. The minimum Gasteiger partial charge on any atom is -0.355 e. The first-order valence-electron chi connectivity index (χ1n) is 11.2. The van der Waals surface area contributed by atoms with Gasteiger partial charge in [-0.3, -0.25) is 9.89 Å². The lowest BCUT2D eigenvalue weighted by Crippen LogP contribution is -2.53. The van der Waals surface area contributed by atoms with Crippen molar-refractivity contribution in [3.8, 4) is 0 Å². The van der Waals surface area contributed by atoms with Crippen molar-refractivity contribution in [2.45, 2.75) is 25.8 Å². The van der Waals surface area contributed by atoms with Gasteiger partial charge in [-0.15, -0.1) is 24.0 Å². The molecule has 2 N–H and O–H groups in total. The number of nitrogens with one attached hydrogen (secondary N) is 2. The molecular formula is C25H38IN5. The topological polar surface area (TPSA) is 42.9 Å². The fourth-order valence-corrected chi connectivity index (χ4v) is 4.11. The van der Waals surface area contributed by atoms with Crippen LogP contribution in [0.2, 0.25) is 0 Å². The molecule has 1 aliphatic rings. The number of hydrogen-bond acceptors (Lipinski definition) is 3. The second-order valence-corrected chi connectivity index (χ2v) is 8.03. The normalized spacial score (nSPS) is 16.6. The zero-order valence-electron chi connectivity index (χ0n) is 19.1. The van der Waals surface area contributed by atoms with Crippen molar-refractivity contribution < 1.29 is 0 Å². The molecule has 3 rings (SSSR count). The molecule has 0 aromatic heterocycles. The lowest BCUT2D eigenvalue weighted by atomic mass is 9.91. The van der Waals surface area contributed by atoms with E-state index in [9.17, 15) is 0 Å². The van der Waals surface area contributed by atoms with Gasteiger partial charge in [0.2, 0.25) is 0 Å². The van der Waals surface area contributed by atoms with E-state index in [1.165, 1.54) is 24.2 Å². The van der Waals surface area contributed by atoms with Crippen LogP contribution in [-0.2, 0) is 0 Å². The first-order chi connectivity index (χ1) is 14.7. The van der Waals surface area contributed by atoms with Crippen LogP contribution < -0.4 is 10.6 Å². The van der Waals surface area contributed by atoms with Crippen molar-refractivity contribution in [1.82, 2.24) is 20.4 Å². The van der Waals surface area contributed by atoms with Gasteiger partial charge in [0, 0.05) is 58.3 Å². The average molecular weight is 536 g/mol. The van der Waals surface area contributed by atoms with Gasteiger partial charge in [-0.05, 0) is 24.6 Å². The molecule has 1 aliphatic heterocycles. The first kappa shape index (κ1) is 25.6. The Morgan fingerprint density at radius 1 is 0.871 bits per heavy atom. The van der Waals surface area contributed by atoms with E-state index in [1.54, 1.807) is 0 Å². The molecule has 0 spiro atoms. The molecule has 2 aromatic rings. The number of aliphatic imine (C=N–C) groups is 1. The number of benzene rings is 2. The van der Waals surface area contributed by atoms with Crippen LogP contribution in [0.15, 0.2) is 65.7 Å². The van der Waals surface area contributed by atoms with Crippen LogP contribution in [0.5, 0.6) is 0 Å². The summed E-state index contributed by atoms with van der Waals surface area (Å²) in [5.41, 5.74) is 2.63. The zero-order chi connectivity index (χ0) is 21.2. The maximum atomic E-state index is 4.46. The van der Waals surface area contributed by atoms with Crippen LogP contribution in [0.25, 0.3) is 0 Å². The van der Waals surface area contributed by atoms with E-state index in [-0.39, 0.29) is 29.9 Å². The predicted molar refractivity (Wildman–Crippen MR) is 143 cm³/mol. The summed E-state index contributed by atoms with van der Waals surface area (Å²) in [6.07, 6.45) is 0. The van der Waals surface area contributed by atoms with E-state index in [2.05, 4.69) is 99.9 Å². The molecule has 1 saturated heterocycles. The zero-order valence-corrected chi connectivity index (χ0v) is 21.5. The number of guanidine groups is 1. The van der Waals surface area contributed by atoms with Crippen molar-refractivity contribution >= 4 is 29.9 Å². The van der Waals surface area contributed by atoms with Gasteiger partial charge in [0.1, 0.15) is 0 Å². The molecule has 0 saturated carbocycles. The summed E-state index contributed by atoms with van der Waals surface area (Å²) in [6, 6.07) is 21.9. The molecule has 5 nitrogen and oxygen atoms in total. The van der Waals surface area contributed by atoms with Crippen molar-refractivity contribution in [3.05, 3.63) is 71.8 Å². The second-order valence-electron chi connectivity index (χ2n) is 8.03. The highest BCUT2D eigenvalue weighted by Gasteiger charge is 2.20. The first-order valence-corrected chi connectivity index (χ1v) is 11.2. The minimum absolute atomic E-state index is 0. The largest absolute Gasteiger partial charge is 0.355 e. The Morgan fingerprint density at radius 2 is 1.39 bits per heavy atom. The van der Waals surface area contributed by atoms with Crippen LogP contribution in [-0.4, -0.2) is 74.7 Å². The highest BCUT2D eigenvalue weighted by Crippen LogP contribution is 2.23. The molecular weight excluding hydrogens is 497 g/mol. The summed E-state index contributed by atoms with van der Waals surface area (Å²) < 4.78 is 0. The van der Waals surface area contributed by atoms with Crippen molar-refractivity contribution in [1.29, 1.82) is 0 Å². The Morgan fingerprint density at radius 3 is 1.87 bits per heavy atom. The second kappa shape index (κ2) is 13.7. The van der Waals surface area contributed by atoms with Crippen LogP contribution in [0.4, 0.5) is 0 Å². The molecule has 170 valence electrons. The maximum Gasteiger partial charge on any atom is 0.191 e. The van der Waals surface area contributed by atoms with Gasteiger partial charge in [0.15, 0.2) is 5.96 Å². The standard InChI is InChI=1S/C25H37N5.HI/c1-4-29-15-17-30(18-16-29)21(2)19-27-25(26-3)28-20-24(22-11-7-5-8-12-22)23-13-9-6-10-14-23;/h5-14,21,24H,4,15-20H2,1-3H3,(H2,26,27,28);1H. The minimum atomic E-state index is 0. The van der Waals surface area contributed by atoms with Gasteiger partial charge in [0.25, 0.3) is 0 Å². The van der Waals surface area contributed by atoms with Gasteiger partial charge >= 0.3 is 0 Å². The van der Waals surface area contributed by atoms with E-state index in [0.717, 1.165) is 38.7 Å². The SMILES string of the molecule is CCN1CCN(C(C)CNC(=NC)NCC(c2ccccc2)c2ccccc2)CC1.I. The van der Waals surface area contributed by atoms with Crippen LogP contribution in [0.1, 0.15) is 30.9 Å². The number of halogens is 1. The molecule has 1 unspecified atom stereocenters. The molecule has 0 aliphatic carbocycles. The number of rotatable bonds is 8. The monoisotopic (exact) mass is 535 g/mol. The highest BCUT2D eigenvalue weighted by atomic mass is 127. The van der Waals surface area contributed by atoms with E-state index in [0.29, 0.717) is 6.04 Å². The van der Waals surface area contributed by atoms with Crippen molar-refractivity contribution in [3.63, 3.8) is 0 Å². The Balaban J connectivity index is 0.00000341. The number of likely N-dealkylation sites (N-methyl/N-ethyl adjacent to an activating group) is 1. The third-order valence-corrected chi connectivity index (χ3v) is 6.14. The number of hydrogen-bond donors (Lipinski definition) is 2. The van der Waals surface area contributed by atoms with Gasteiger partial charge in [0.05, 0.1) is 0 Å². The summed E-state index contributed by atoms with van der Waals surface area (Å²) >= 11 is 0. The van der Waals surface area contributed by atoms with Gasteiger partial charge < -0.3 is 15.5 Å². The molecule has 1 fully saturated rings. The Kier molecular flexibility index (Phi) is 11.3. The molecule has 31 heavy (non-hydrogen) atoms. The number of piperazine rings is 1. The van der Waals surface area contributed by atoms with Crippen molar-refractivity contribution in [2.24, 2.45) is 4.99 Å². The highest BCUT2D eigenvalue weighted by molar-refractivity contribution is 14.0. The van der Waals surface area contributed by atoms with E-state index < -0.39 is 0 Å². The van der Waals surface area contributed by atoms with Crippen molar-refractivity contribution in [2.75, 3.05) is 52.9 Å². The lowest BCUT2D eigenvalue weighted by molar-refractivity contribution is 0.107. The molecule has 6 heteroatoms. The molecule has 0 amide bonds. The fourth-order valence-electron chi connectivity index (χ4n) is 4.11. The molecule has 2 aromatic carbocycles. The summed E-state index contributed by atoms with van der Waals surface area (Å²) in [6.45, 7) is 12.0. The molecule has 0 bridgehead atoms. The summed E-state index contributed by atoms with van der Waals surface area (Å²) in [4.78, 5) is 9.55. The molecule has 1 heterocycles. The Bertz CT molecular complexity index is 720.